The van der Waals surface area contributed by atoms with Gasteiger partial charge in [0.25, 0.3) is 0 Å². The zero-order valence-electron chi connectivity index (χ0n) is 17.6. The molecule has 0 atom stereocenters. The summed E-state index contributed by atoms with van der Waals surface area (Å²) in [4.78, 5) is 17.2. The highest BCUT2D eigenvalue weighted by Crippen LogP contribution is 2.26. The molecule has 0 amide bonds. The molecule has 0 aliphatic carbocycles. The van der Waals surface area contributed by atoms with Gasteiger partial charge in [-0.3, -0.25) is 4.98 Å². The van der Waals surface area contributed by atoms with E-state index in [9.17, 15) is 0 Å². The van der Waals surface area contributed by atoms with Crippen LogP contribution in [-0.4, -0.2) is 29.7 Å². The monoisotopic (exact) mass is 433 g/mol. The maximum atomic E-state index is 5.97. The first-order chi connectivity index (χ1) is 16.3. The van der Waals surface area contributed by atoms with Crippen molar-refractivity contribution in [2.75, 3.05) is 5.32 Å². The Morgan fingerprint density at radius 2 is 1.97 bits per heavy atom. The summed E-state index contributed by atoms with van der Waals surface area (Å²) in [6, 6.07) is 15.5. The Balaban J connectivity index is 1.38. The van der Waals surface area contributed by atoms with Crippen LogP contribution in [0.5, 0.6) is 5.75 Å². The van der Waals surface area contributed by atoms with Crippen LogP contribution in [-0.2, 0) is 13.2 Å². The molecule has 0 spiro atoms. The predicted octanol–water partition coefficient (Wildman–Crippen LogP) is 3.97. The Kier molecular flexibility index (Phi) is 5.59. The van der Waals surface area contributed by atoms with Gasteiger partial charge in [0.1, 0.15) is 25.0 Å². The predicted molar refractivity (Wildman–Crippen MR) is 125 cm³/mol. The quantitative estimate of drug-likeness (QED) is 0.388. The van der Waals surface area contributed by atoms with Crippen molar-refractivity contribution >= 4 is 22.5 Å². The highest BCUT2D eigenvalue weighted by atomic mass is 16.5. The maximum Gasteiger partial charge on any atom is 0.227 e. The third-order valence-electron chi connectivity index (χ3n) is 4.95. The number of hydrogen-bond donors (Lipinski definition) is 1. The van der Waals surface area contributed by atoms with E-state index in [-0.39, 0.29) is 0 Å². The zero-order chi connectivity index (χ0) is 22.5. The third kappa shape index (κ3) is 4.78. The standard InChI is InChI=1S/C25H19N7O/c1-2-20-10-21-13-28-25(30-22-7-3-5-18(9-22)14-32-17-27-16-29-32)31-23(21)11-24(20)33-15-19-6-4-8-26-12-19/h1,3-13,16-17H,14-15H2,(H,28,30,31). The molecule has 33 heavy (non-hydrogen) atoms. The second-order valence-electron chi connectivity index (χ2n) is 7.31. The van der Waals surface area contributed by atoms with Crippen LogP contribution in [0.3, 0.4) is 0 Å². The van der Waals surface area contributed by atoms with Gasteiger partial charge < -0.3 is 10.1 Å². The first kappa shape index (κ1) is 20.2. The van der Waals surface area contributed by atoms with E-state index in [1.165, 1.54) is 6.33 Å². The number of anilines is 2. The van der Waals surface area contributed by atoms with Crippen LogP contribution in [0.4, 0.5) is 11.6 Å². The van der Waals surface area contributed by atoms with Crippen molar-refractivity contribution in [1.82, 2.24) is 29.7 Å². The lowest BCUT2D eigenvalue weighted by Crippen LogP contribution is -2.02. The number of nitrogens with one attached hydrogen (secondary N) is 1. The molecule has 0 saturated heterocycles. The van der Waals surface area contributed by atoms with E-state index in [1.54, 1.807) is 29.6 Å². The van der Waals surface area contributed by atoms with Crippen LogP contribution >= 0.6 is 0 Å². The summed E-state index contributed by atoms with van der Waals surface area (Å²) >= 11 is 0. The van der Waals surface area contributed by atoms with Gasteiger partial charge in [-0.05, 0) is 29.8 Å². The summed E-state index contributed by atoms with van der Waals surface area (Å²) < 4.78 is 7.73. The molecule has 0 aliphatic heterocycles. The minimum Gasteiger partial charge on any atom is -0.487 e. The average molecular weight is 433 g/mol. The van der Waals surface area contributed by atoms with Crippen molar-refractivity contribution in [1.29, 1.82) is 0 Å². The summed E-state index contributed by atoms with van der Waals surface area (Å²) in [6.45, 7) is 0.989. The van der Waals surface area contributed by atoms with E-state index in [1.807, 2.05) is 48.5 Å². The number of hydrogen-bond acceptors (Lipinski definition) is 7. The number of fused-ring (bicyclic) bond motifs is 1. The number of benzene rings is 2. The van der Waals surface area contributed by atoms with Crippen LogP contribution in [0, 0.1) is 12.3 Å². The highest BCUT2D eigenvalue weighted by molar-refractivity contribution is 5.83. The number of ether oxygens (including phenoxy) is 1. The third-order valence-corrected chi connectivity index (χ3v) is 4.95. The van der Waals surface area contributed by atoms with Crippen LogP contribution in [0.25, 0.3) is 10.9 Å². The Morgan fingerprint density at radius 3 is 2.79 bits per heavy atom. The van der Waals surface area contributed by atoms with Gasteiger partial charge in [0.05, 0.1) is 17.6 Å². The molecular formula is C25H19N7O. The zero-order valence-corrected chi connectivity index (χ0v) is 17.6. The Labute approximate surface area is 190 Å². The van der Waals surface area contributed by atoms with Crippen molar-refractivity contribution < 1.29 is 4.74 Å². The van der Waals surface area contributed by atoms with E-state index in [0.717, 1.165) is 27.7 Å². The lowest BCUT2D eigenvalue weighted by Gasteiger charge is -2.11. The second kappa shape index (κ2) is 9.16. The van der Waals surface area contributed by atoms with Crippen LogP contribution in [0.15, 0.2) is 79.8 Å². The molecule has 0 bridgehead atoms. The van der Waals surface area contributed by atoms with E-state index in [2.05, 4.69) is 36.3 Å². The maximum absolute atomic E-state index is 5.97. The number of aromatic nitrogens is 6. The van der Waals surface area contributed by atoms with Gasteiger partial charge in [-0.25, -0.2) is 19.6 Å². The van der Waals surface area contributed by atoms with E-state index >= 15 is 0 Å². The smallest absolute Gasteiger partial charge is 0.227 e. The molecule has 3 aromatic heterocycles. The summed E-state index contributed by atoms with van der Waals surface area (Å²) in [5, 5.41) is 8.25. The Morgan fingerprint density at radius 1 is 1.03 bits per heavy atom. The van der Waals surface area contributed by atoms with Gasteiger partial charge in [-0.15, -0.1) is 6.42 Å². The minimum absolute atomic E-state index is 0.364. The molecule has 8 heteroatoms. The van der Waals surface area contributed by atoms with Gasteiger partial charge in [0.15, 0.2) is 0 Å². The molecule has 3 heterocycles. The lowest BCUT2D eigenvalue weighted by molar-refractivity contribution is 0.305. The number of terminal acetylenes is 1. The molecule has 160 valence electrons. The molecule has 1 N–H and O–H groups in total. The van der Waals surface area contributed by atoms with Crippen LogP contribution in [0.2, 0.25) is 0 Å². The fourth-order valence-electron chi connectivity index (χ4n) is 3.37. The Bertz CT molecular complexity index is 1430. The number of pyridine rings is 1. The SMILES string of the molecule is C#Cc1cc2cnc(Nc3cccc(Cn4cncn4)c3)nc2cc1OCc1cccnc1. The molecule has 2 aromatic carbocycles. The molecule has 0 radical (unpaired) electrons. The van der Waals surface area contributed by atoms with Gasteiger partial charge >= 0.3 is 0 Å². The van der Waals surface area contributed by atoms with Crippen molar-refractivity contribution in [2.24, 2.45) is 0 Å². The fraction of sp³-hybridized carbons (Fsp3) is 0.0800. The minimum atomic E-state index is 0.364. The number of nitrogens with zero attached hydrogens (tertiary/aromatic N) is 6. The van der Waals surface area contributed by atoms with Gasteiger partial charge in [-0.2, -0.15) is 5.10 Å². The van der Waals surface area contributed by atoms with Crippen molar-refractivity contribution in [3.63, 3.8) is 0 Å². The number of rotatable bonds is 7. The van der Waals surface area contributed by atoms with Crippen LogP contribution in [0.1, 0.15) is 16.7 Å². The van der Waals surface area contributed by atoms with E-state index < -0.39 is 0 Å². The lowest BCUT2D eigenvalue weighted by atomic mass is 10.1. The largest absolute Gasteiger partial charge is 0.487 e. The average Bonchev–Trinajstić information content (AvgIpc) is 3.36. The van der Waals surface area contributed by atoms with Crippen molar-refractivity contribution in [3.8, 4) is 18.1 Å². The summed E-state index contributed by atoms with van der Waals surface area (Å²) in [5.41, 5.74) is 4.29. The highest BCUT2D eigenvalue weighted by Gasteiger charge is 2.09. The molecule has 0 aliphatic rings. The van der Waals surface area contributed by atoms with E-state index in [0.29, 0.717) is 30.4 Å². The second-order valence-corrected chi connectivity index (χ2v) is 7.31. The molecule has 0 unspecified atom stereocenters. The van der Waals surface area contributed by atoms with Crippen molar-refractivity contribution in [2.45, 2.75) is 13.2 Å². The van der Waals surface area contributed by atoms with Gasteiger partial charge in [-0.1, -0.05) is 24.1 Å². The first-order valence-electron chi connectivity index (χ1n) is 10.2. The molecular weight excluding hydrogens is 414 g/mol. The first-order valence-corrected chi connectivity index (χ1v) is 10.2. The molecule has 0 fully saturated rings. The molecule has 5 aromatic rings. The summed E-state index contributed by atoms with van der Waals surface area (Å²) in [6.07, 6.45) is 14.1. The van der Waals surface area contributed by atoms with Gasteiger partial charge in [0.2, 0.25) is 5.95 Å². The topological polar surface area (TPSA) is 90.6 Å². The van der Waals surface area contributed by atoms with Gasteiger partial charge in [0, 0.05) is 41.3 Å². The summed E-state index contributed by atoms with van der Waals surface area (Å²) in [7, 11) is 0. The molecule has 8 nitrogen and oxygen atoms in total. The fourth-order valence-corrected chi connectivity index (χ4v) is 3.37. The van der Waals surface area contributed by atoms with Crippen molar-refractivity contribution in [3.05, 3.63) is 96.5 Å². The molecule has 0 saturated carbocycles. The summed E-state index contributed by atoms with van der Waals surface area (Å²) in [5.74, 6) is 3.75. The normalized spacial score (nSPS) is 10.6. The molecule has 5 rings (SSSR count). The van der Waals surface area contributed by atoms with E-state index in [4.69, 9.17) is 11.2 Å². The van der Waals surface area contributed by atoms with Crippen LogP contribution < -0.4 is 10.1 Å². The Hall–Kier alpha value is -4.77.